The minimum atomic E-state index is -4.46. The molecule has 166 valence electrons. The Hall–Kier alpha value is -3.50. The first kappa shape index (κ1) is 20.4. The third-order valence-corrected chi connectivity index (χ3v) is 5.86. The average Bonchev–Trinajstić information content (AvgIpc) is 3.50. The second-order valence-electron chi connectivity index (χ2n) is 8.10. The van der Waals surface area contributed by atoms with Crippen LogP contribution >= 0.6 is 0 Å². The predicted octanol–water partition coefficient (Wildman–Crippen LogP) is 3.07. The van der Waals surface area contributed by atoms with E-state index in [-0.39, 0.29) is 35.5 Å². The van der Waals surface area contributed by atoms with Crippen LogP contribution in [0.5, 0.6) is 5.88 Å². The van der Waals surface area contributed by atoms with Gasteiger partial charge in [-0.25, -0.2) is 9.97 Å². The van der Waals surface area contributed by atoms with E-state index >= 15 is 0 Å². The molecule has 1 aliphatic carbocycles. The summed E-state index contributed by atoms with van der Waals surface area (Å²) in [5.74, 6) is 0.108. The van der Waals surface area contributed by atoms with Gasteiger partial charge in [-0.1, -0.05) is 0 Å². The van der Waals surface area contributed by atoms with E-state index in [1.807, 2.05) is 6.92 Å². The van der Waals surface area contributed by atoms with Crippen LogP contribution in [0.3, 0.4) is 0 Å². The molecule has 1 saturated carbocycles. The molecule has 3 aromatic heterocycles. The minimum Gasteiger partial charge on any atom is -0.472 e. The number of aryl methyl sites for hydroxylation is 1. The molecule has 0 unspecified atom stereocenters. The number of alkyl halides is 3. The zero-order valence-electron chi connectivity index (χ0n) is 17.0. The molecular weight excluding hydrogens is 425 g/mol. The Morgan fingerprint density at radius 2 is 1.91 bits per heavy atom. The fourth-order valence-electron chi connectivity index (χ4n) is 4.45. The Morgan fingerprint density at radius 3 is 2.56 bits per heavy atom. The molecule has 1 saturated heterocycles. The summed E-state index contributed by atoms with van der Waals surface area (Å²) in [5, 5.41) is 8.24. The number of hydrogen-bond acceptors (Lipinski definition) is 6. The lowest BCUT2D eigenvalue weighted by Gasteiger charge is -2.33. The van der Waals surface area contributed by atoms with Crippen molar-refractivity contribution in [1.29, 1.82) is 0 Å². The molecule has 5 rings (SSSR count). The first-order valence-electron chi connectivity index (χ1n) is 10.1. The Morgan fingerprint density at radius 1 is 1.12 bits per heavy atom. The van der Waals surface area contributed by atoms with Crippen LogP contribution in [0.2, 0.25) is 0 Å². The van der Waals surface area contributed by atoms with Crippen LogP contribution in [-0.2, 0) is 6.18 Å². The van der Waals surface area contributed by atoms with Gasteiger partial charge in [0, 0.05) is 25.0 Å². The second-order valence-corrected chi connectivity index (χ2v) is 8.10. The van der Waals surface area contributed by atoms with Gasteiger partial charge in [-0.3, -0.25) is 4.79 Å². The summed E-state index contributed by atoms with van der Waals surface area (Å²) in [7, 11) is 0. The maximum atomic E-state index is 13.4. The molecule has 32 heavy (non-hydrogen) atoms. The highest BCUT2D eigenvalue weighted by Crippen LogP contribution is 2.40. The lowest BCUT2D eigenvalue weighted by Crippen LogP contribution is -2.47. The van der Waals surface area contributed by atoms with Gasteiger partial charge in [-0.2, -0.15) is 23.4 Å². The van der Waals surface area contributed by atoms with Crippen molar-refractivity contribution in [2.24, 2.45) is 5.92 Å². The van der Waals surface area contributed by atoms with Crippen LogP contribution in [0.15, 0.2) is 43.0 Å². The van der Waals surface area contributed by atoms with Crippen molar-refractivity contribution >= 4 is 5.91 Å². The number of likely N-dealkylation sites (tertiary alicyclic amines) is 1. The molecule has 1 amide bonds. The van der Waals surface area contributed by atoms with E-state index in [1.54, 1.807) is 17.2 Å². The number of fused-ring (bicyclic) bond motifs is 2. The number of carbonyl (C=O) groups is 1. The van der Waals surface area contributed by atoms with E-state index in [2.05, 4.69) is 20.2 Å². The van der Waals surface area contributed by atoms with Crippen LogP contribution in [0.25, 0.3) is 5.69 Å². The van der Waals surface area contributed by atoms with Gasteiger partial charge in [0.2, 0.25) is 5.88 Å². The molecule has 0 aromatic carbocycles. The lowest BCUT2D eigenvalue weighted by atomic mass is 10.1. The standard InChI is InChI=1S/C21H19F3N6O2/c1-12-6-16(30-27-4-5-28-30)19(26-9-12)20(31)29-11-13-7-15(29)17(8-13)32-18-3-2-14(10-25-18)21(22,23)24/h2-6,9-10,13,15,17H,7-8,11H2,1H3/t13-,15+,17-/m1/s1. The molecule has 11 heteroatoms. The SMILES string of the molecule is Cc1cnc(C(=O)N2C[C@H]3C[C@@H](Oc4ccc(C(F)(F)F)cn4)[C@@H]2C3)c(-n2nccn2)c1. The fourth-order valence-corrected chi connectivity index (χ4v) is 4.45. The number of pyridine rings is 2. The van der Waals surface area contributed by atoms with Gasteiger partial charge in [0.05, 0.1) is 24.0 Å². The molecule has 8 nitrogen and oxygen atoms in total. The number of rotatable bonds is 4. The van der Waals surface area contributed by atoms with Crippen molar-refractivity contribution < 1.29 is 22.7 Å². The van der Waals surface area contributed by atoms with Crippen LogP contribution in [0.4, 0.5) is 13.2 Å². The summed E-state index contributed by atoms with van der Waals surface area (Å²) in [6.07, 6.45) is 2.09. The molecule has 2 bridgehead atoms. The van der Waals surface area contributed by atoms with Crippen LogP contribution in [-0.4, -0.2) is 54.5 Å². The Labute approximate surface area is 181 Å². The Bertz CT molecular complexity index is 1130. The third kappa shape index (κ3) is 3.67. The van der Waals surface area contributed by atoms with Crippen molar-refractivity contribution in [2.75, 3.05) is 6.54 Å². The molecule has 1 aliphatic heterocycles. The largest absolute Gasteiger partial charge is 0.472 e. The van der Waals surface area contributed by atoms with E-state index in [9.17, 15) is 18.0 Å². The van der Waals surface area contributed by atoms with E-state index in [0.717, 1.165) is 24.2 Å². The number of aromatic nitrogens is 5. The molecule has 2 fully saturated rings. The van der Waals surface area contributed by atoms with Crippen LogP contribution in [0.1, 0.15) is 34.5 Å². The van der Waals surface area contributed by atoms with Gasteiger partial charge in [-0.05, 0) is 43.4 Å². The monoisotopic (exact) mass is 444 g/mol. The van der Waals surface area contributed by atoms with Gasteiger partial charge in [-0.15, -0.1) is 4.80 Å². The molecule has 3 aromatic rings. The first-order chi connectivity index (χ1) is 15.3. The predicted molar refractivity (Wildman–Crippen MR) is 105 cm³/mol. The van der Waals surface area contributed by atoms with Crippen LogP contribution < -0.4 is 4.74 Å². The smallest absolute Gasteiger partial charge is 0.417 e. The first-order valence-corrected chi connectivity index (χ1v) is 10.1. The molecule has 4 heterocycles. The quantitative estimate of drug-likeness (QED) is 0.615. The maximum absolute atomic E-state index is 13.4. The van der Waals surface area contributed by atoms with Crippen LogP contribution in [0, 0.1) is 12.8 Å². The summed E-state index contributed by atoms with van der Waals surface area (Å²) in [5.41, 5.74) is 0.765. The van der Waals surface area contributed by atoms with Crippen molar-refractivity contribution in [3.8, 4) is 11.6 Å². The van der Waals surface area contributed by atoms with Crippen molar-refractivity contribution in [2.45, 2.75) is 38.1 Å². The Kier molecular flexibility index (Phi) is 4.83. The van der Waals surface area contributed by atoms with Gasteiger partial charge in [0.25, 0.3) is 5.91 Å². The highest BCUT2D eigenvalue weighted by atomic mass is 19.4. The van der Waals surface area contributed by atoms with Gasteiger partial charge in [0.15, 0.2) is 5.69 Å². The fraction of sp³-hybridized carbons (Fsp3) is 0.381. The highest BCUT2D eigenvalue weighted by Gasteiger charge is 2.49. The second kappa shape index (κ2) is 7.57. The van der Waals surface area contributed by atoms with Gasteiger partial charge < -0.3 is 9.64 Å². The molecular formula is C21H19F3N6O2. The van der Waals surface area contributed by atoms with E-state index < -0.39 is 11.7 Å². The summed E-state index contributed by atoms with van der Waals surface area (Å²) < 4.78 is 44.2. The zero-order chi connectivity index (χ0) is 22.5. The number of hydrogen-bond donors (Lipinski definition) is 0. The number of ether oxygens (including phenoxy) is 1. The van der Waals surface area contributed by atoms with E-state index in [4.69, 9.17) is 4.74 Å². The molecule has 2 aliphatic rings. The number of nitrogens with zero attached hydrogens (tertiary/aromatic N) is 6. The lowest BCUT2D eigenvalue weighted by molar-refractivity contribution is -0.137. The zero-order valence-corrected chi connectivity index (χ0v) is 17.0. The molecule has 0 N–H and O–H groups in total. The maximum Gasteiger partial charge on any atom is 0.417 e. The summed E-state index contributed by atoms with van der Waals surface area (Å²) in [4.78, 5) is 24.7. The molecule has 3 atom stereocenters. The Balaban J connectivity index is 1.36. The van der Waals surface area contributed by atoms with Gasteiger partial charge in [0.1, 0.15) is 11.8 Å². The number of halogens is 3. The summed E-state index contributed by atoms with van der Waals surface area (Å²) in [6.45, 7) is 2.44. The number of carbonyl (C=O) groups excluding carboxylic acids is 1. The van der Waals surface area contributed by atoms with Crippen molar-refractivity contribution in [3.05, 3.63) is 59.8 Å². The number of amides is 1. The van der Waals surface area contributed by atoms with Gasteiger partial charge >= 0.3 is 6.18 Å². The summed E-state index contributed by atoms with van der Waals surface area (Å²) >= 11 is 0. The number of piperidine rings is 1. The highest BCUT2D eigenvalue weighted by molar-refractivity contribution is 5.96. The van der Waals surface area contributed by atoms with Crippen molar-refractivity contribution in [3.63, 3.8) is 0 Å². The summed E-state index contributed by atoms with van der Waals surface area (Å²) in [6, 6.07) is 3.74. The van der Waals surface area contributed by atoms with E-state index in [1.165, 1.54) is 23.3 Å². The molecule has 0 radical (unpaired) electrons. The normalized spacial score (nSPS) is 22.4. The topological polar surface area (TPSA) is 86.0 Å². The van der Waals surface area contributed by atoms with E-state index in [0.29, 0.717) is 18.7 Å². The third-order valence-electron chi connectivity index (χ3n) is 5.86. The van der Waals surface area contributed by atoms with Crippen molar-refractivity contribution in [1.82, 2.24) is 29.9 Å². The average molecular weight is 444 g/mol. The molecule has 0 spiro atoms. The minimum absolute atomic E-state index is 0.109.